The molecule has 0 saturated heterocycles. The molecule has 1 fully saturated rings. The smallest absolute Gasteiger partial charge is 0.229 e. The quantitative estimate of drug-likeness (QED) is 0.612. The molecule has 1 aliphatic rings. The number of aromatic nitrogens is 7. The molecule has 0 spiro atoms. The van der Waals surface area contributed by atoms with E-state index in [1.165, 1.54) is 0 Å². The number of nitrogens with zero attached hydrogens (tertiary/aromatic N) is 7. The van der Waals surface area contributed by atoms with E-state index in [1.54, 1.807) is 10.8 Å². The first kappa shape index (κ1) is 15.2. The molecule has 4 aromatic rings. The third-order valence-electron chi connectivity index (χ3n) is 5.20. The van der Waals surface area contributed by atoms with Gasteiger partial charge in [0, 0.05) is 6.20 Å². The van der Waals surface area contributed by atoms with Crippen LogP contribution < -0.4 is 5.32 Å². The Labute approximate surface area is 150 Å². The van der Waals surface area contributed by atoms with E-state index in [9.17, 15) is 0 Å². The van der Waals surface area contributed by atoms with Gasteiger partial charge in [-0.3, -0.25) is 0 Å². The van der Waals surface area contributed by atoms with Gasteiger partial charge in [-0.05, 0) is 44.2 Å². The summed E-state index contributed by atoms with van der Waals surface area (Å²) in [6.45, 7) is 6.32. The van der Waals surface area contributed by atoms with Gasteiger partial charge in [0.2, 0.25) is 5.95 Å². The largest absolute Gasteiger partial charge is 0.323 e. The van der Waals surface area contributed by atoms with Crippen LogP contribution in [0.4, 0.5) is 11.6 Å². The first-order valence-corrected chi connectivity index (χ1v) is 8.87. The second-order valence-corrected chi connectivity index (χ2v) is 7.25. The van der Waals surface area contributed by atoms with Crippen LogP contribution in [0, 0.1) is 19.8 Å². The van der Waals surface area contributed by atoms with Crippen molar-refractivity contribution in [3.05, 3.63) is 36.0 Å². The van der Waals surface area contributed by atoms with Crippen LogP contribution in [0.15, 0.2) is 24.8 Å². The molecular formula is C18H20N8. The number of hydrogen-bond acceptors (Lipinski definition) is 6. The fourth-order valence-electron chi connectivity index (χ4n) is 3.65. The van der Waals surface area contributed by atoms with Gasteiger partial charge in [-0.1, -0.05) is 6.92 Å². The van der Waals surface area contributed by atoms with Crippen molar-refractivity contribution in [1.82, 2.24) is 34.3 Å². The Balaban J connectivity index is 1.54. The van der Waals surface area contributed by atoms with Gasteiger partial charge in [-0.25, -0.2) is 19.2 Å². The predicted molar refractivity (Wildman–Crippen MR) is 98.5 cm³/mol. The molecule has 0 atom stereocenters. The third kappa shape index (κ3) is 2.33. The van der Waals surface area contributed by atoms with E-state index in [0.717, 1.165) is 52.4 Å². The van der Waals surface area contributed by atoms with Crippen molar-refractivity contribution in [2.45, 2.75) is 39.7 Å². The Morgan fingerprint density at radius 3 is 2.85 bits per heavy atom. The summed E-state index contributed by atoms with van der Waals surface area (Å²) in [4.78, 5) is 13.4. The maximum absolute atomic E-state index is 4.76. The molecule has 0 amide bonds. The van der Waals surface area contributed by atoms with Crippen LogP contribution in [0.2, 0.25) is 0 Å². The second kappa shape index (κ2) is 5.48. The first-order valence-electron chi connectivity index (χ1n) is 8.87. The number of nitrogens with one attached hydrogen (secondary N) is 1. The molecule has 8 heteroatoms. The number of hydrogen-bond donors (Lipinski definition) is 1. The molecule has 1 saturated carbocycles. The molecule has 8 nitrogen and oxygen atoms in total. The molecule has 26 heavy (non-hydrogen) atoms. The first-order chi connectivity index (χ1) is 12.6. The lowest BCUT2D eigenvalue weighted by molar-refractivity contribution is 0.204. The summed E-state index contributed by atoms with van der Waals surface area (Å²) in [5, 5.41) is 13.2. The zero-order chi connectivity index (χ0) is 17.8. The van der Waals surface area contributed by atoms with Crippen LogP contribution >= 0.6 is 0 Å². The van der Waals surface area contributed by atoms with E-state index >= 15 is 0 Å². The molecule has 1 aliphatic carbocycles. The Hall–Kier alpha value is -3.03. The SMILES string of the molecule is Cc1cc2ncnn2cc1Nc1ncc2c(C)nn([C@H]3C[C@@H](C)C3)c2n1. The Morgan fingerprint density at radius 2 is 2.04 bits per heavy atom. The van der Waals surface area contributed by atoms with Gasteiger partial charge < -0.3 is 5.32 Å². The maximum atomic E-state index is 4.76. The van der Waals surface area contributed by atoms with Crippen LogP contribution in [0.3, 0.4) is 0 Å². The highest BCUT2D eigenvalue weighted by atomic mass is 15.3. The van der Waals surface area contributed by atoms with Crippen molar-refractivity contribution in [3.63, 3.8) is 0 Å². The van der Waals surface area contributed by atoms with Gasteiger partial charge in [-0.15, -0.1) is 0 Å². The number of anilines is 2. The standard InChI is InChI=1S/C18H20N8/c1-10-4-13(5-10)26-17-14(12(3)24-26)7-19-18(23-17)22-15-8-25-16(6-11(15)2)20-9-21-25/h6-10,13H,4-5H2,1-3H3,(H,19,22,23)/t10-,13+. The van der Waals surface area contributed by atoms with Gasteiger partial charge in [0.15, 0.2) is 11.3 Å². The zero-order valence-electron chi connectivity index (χ0n) is 15.0. The monoisotopic (exact) mass is 348 g/mol. The lowest BCUT2D eigenvalue weighted by Gasteiger charge is -2.32. The normalized spacial score (nSPS) is 19.8. The third-order valence-corrected chi connectivity index (χ3v) is 5.20. The molecule has 0 aromatic carbocycles. The molecule has 4 aromatic heterocycles. The second-order valence-electron chi connectivity index (χ2n) is 7.25. The number of aryl methyl sites for hydroxylation is 2. The fraction of sp³-hybridized carbons (Fsp3) is 0.389. The fourth-order valence-corrected chi connectivity index (χ4v) is 3.65. The van der Waals surface area contributed by atoms with Crippen LogP contribution in [0.25, 0.3) is 16.7 Å². The van der Waals surface area contributed by atoms with Gasteiger partial charge in [0.05, 0.1) is 29.0 Å². The highest BCUT2D eigenvalue weighted by molar-refractivity contribution is 5.79. The van der Waals surface area contributed by atoms with Gasteiger partial charge in [0.1, 0.15) is 6.33 Å². The minimum absolute atomic E-state index is 0.442. The molecular weight excluding hydrogens is 328 g/mol. The number of pyridine rings is 1. The van der Waals surface area contributed by atoms with Gasteiger partial charge in [0.25, 0.3) is 0 Å². The van der Waals surface area contributed by atoms with Gasteiger partial charge >= 0.3 is 0 Å². The van der Waals surface area contributed by atoms with E-state index in [-0.39, 0.29) is 0 Å². The highest BCUT2D eigenvalue weighted by Gasteiger charge is 2.29. The van der Waals surface area contributed by atoms with E-state index in [0.29, 0.717) is 12.0 Å². The lowest BCUT2D eigenvalue weighted by Crippen LogP contribution is -2.25. The van der Waals surface area contributed by atoms with Crippen LogP contribution in [-0.2, 0) is 0 Å². The highest BCUT2D eigenvalue weighted by Crippen LogP contribution is 2.38. The van der Waals surface area contributed by atoms with Crippen molar-refractivity contribution in [2.75, 3.05) is 5.32 Å². The summed E-state index contributed by atoms with van der Waals surface area (Å²) in [7, 11) is 0. The minimum atomic E-state index is 0.442. The van der Waals surface area contributed by atoms with E-state index in [1.807, 2.05) is 32.3 Å². The summed E-state index contributed by atoms with van der Waals surface area (Å²) < 4.78 is 3.81. The Kier molecular flexibility index (Phi) is 3.22. The minimum Gasteiger partial charge on any atom is -0.323 e. The molecule has 5 rings (SSSR count). The Morgan fingerprint density at radius 1 is 1.19 bits per heavy atom. The summed E-state index contributed by atoms with van der Waals surface area (Å²) in [6, 6.07) is 2.43. The lowest BCUT2D eigenvalue weighted by atomic mass is 9.82. The van der Waals surface area contributed by atoms with Crippen molar-refractivity contribution >= 4 is 28.3 Å². The van der Waals surface area contributed by atoms with E-state index in [4.69, 9.17) is 10.1 Å². The van der Waals surface area contributed by atoms with Gasteiger partial charge in [-0.2, -0.15) is 15.2 Å². The van der Waals surface area contributed by atoms with Crippen molar-refractivity contribution in [2.24, 2.45) is 5.92 Å². The Bertz CT molecular complexity index is 1120. The molecule has 1 N–H and O–H groups in total. The maximum Gasteiger partial charge on any atom is 0.229 e. The molecule has 0 bridgehead atoms. The molecule has 0 radical (unpaired) electrons. The molecule has 0 aliphatic heterocycles. The van der Waals surface area contributed by atoms with Crippen LogP contribution in [0.1, 0.15) is 37.1 Å². The molecule has 132 valence electrons. The zero-order valence-corrected chi connectivity index (χ0v) is 15.0. The molecule has 4 heterocycles. The van der Waals surface area contributed by atoms with E-state index in [2.05, 4.69) is 32.0 Å². The topological polar surface area (TPSA) is 85.8 Å². The summed E-state index contributed by atoms with van der Waals surface area (Å²) >= 11 is 0. The summed E-state index contributed by atoms with van der Waals surface area (Å²) in [5.74, 6) is 1.32. The average Bonchev–Trinajstić information content (AvgIpc) is 3.16. The summed E-state index contributed by atoms with van der Waals surface area (Å²) in [6.07, 6.45) is 7.62. The van der Waals surface area contributed by atoms with Crippen molar-refractivity contribution < 1.29 is 0 Å². The molecule has 0 unspecified atom stereocenters. The number of fused-ring (bicyclic) bond motifs is 2. The number of rotatable bonds is 3. The average molecular weight is 348 g/mol. The summed E-state index contributed by atoms with van der Waals surface area (Å²) in [5.41, 5.74) is 4.66. The predicted octanol–water partition coefficient (Wildman–Crippen LogP) is 3.20. The van der Waals surface area contributed by atoms with Crippen LogP contribution in [0.5, 0.6) is 0 Å². The van der Waals surface area contributed by atoms with Crippen molar-refractivity contribution in [1.29, 1.82) is 0 Å². The van der Waals surface area contributed by atoms with Crippen molar-refractivity contribution in [3.8, 4) is 0 Å². The van der Waals surface area contributed by atoms with E-state index < -0.39 is 0 Å². The van der Waals surface area contributed by atoms with Crippen LogP contribution in [-0.4, -0.2) is 34.3 Å².